The number of carbonyl (C=O) groups excluding carboxylic acids is 1. The van der Waals surface area contributed by atoms with Crippen LogP contribution in [0.2, 0.25) is 0 Å². The van der Waals surface area contributed by atoms with Crippen molar-refractivity contribution in [3.63, 3.8) is 0 Å². The zero-order valence-electron chi connectivity index (χ0n) is 25.8. The number of nitrogens with one attached hydrogen (secondary N) is 2. The number of H-pyrrole nitrogens is 1. The lowest BCUT2D eigenvalue weighted by Gasteiger charge is -2.28. The number of nitrogen functional groups attached to an aromatic ring is 1. The summed E-state index contributed by atoms with van der Waals surface area (Å²) in [6.07, 6.45) is 0.889. The van der Waals surface area contributed by atoms with Gasteiger partial charge in [0, 0.05) is 23.1 Å². The first-order chi connectivity index (χ1) is 20.8. The predicted molar refractivity (Wildman–Crippen MR) is 169 cm³/mol. The Morgan fingerprint density at radius 3 is 2.41 bits per heavy atom. The Morgan fingerprint density at radius 1 is 1.11 bits per heavy atom. The number of aromatic amines is 1. The van der Waals surface area contributed by atoms with Crippen LogP contribution in [-0.2, 0) is 12.8 Å². The molecule has 0 spiro atoms. The van der Waals surface area contributed by atoms with Crippen LogP contribution in [0, 0.1) is 16.6 Å². The van der Waals surface area contributed by atoms with Gasteiger partial charge in [0.05, 0.1) is 23.8 Å². The summed E-state index contributed by atoms with van der Waals surface area (Å²) in [4.78, 5) is 30.2. The molecule has 0 aliphatic rings. The van der Waals surface area contributed by atoms with E-state index < -0.39 is 23.3 Å². The van der Waals surface area contributed by atoms with Gasteiger partial charge in [-0.15, -0.1) is 5.10 Å². The van der Waals surface area contributed by atoms with Crippen LogP contribution in [0.4, 0.5) is 4.39 Å². The summed E-state index contributed by atoms with van der Waals surface area (Å²) < 4.78 is 23.7. The zero-order chi connectivity index (χ0) is 32.2. The topological polar surface area (TPSA) is 156 Å². The van der Waals surface area contributed by atoms with E-state index in [2.05, 4.69) is 28.8 Å². The minimum Gasteiger partial charge on any atom is -0.490 e. The van der Waals surface area contributed by atoms with Crippen molar-refractivity contribution in [2.24, 2.45) is 16.9 Å². The number of amidine groups is 1. The van der Waals surface area contributed by atoms with Crippen LogP contribution in [0.5, 0.6) is 5.75 Å². The summed E-state index contributed by atoms with van der Waals surface area (Å²) in [6, 6.07) is 16.9. The Balaban J connectivity index is 1.84. The van der Waals surface area contributed by atoms with Crippen LogP contribution < -0.4 is 21.9 Å². The number of nitrogens with two attached hydrogens (primary N) is 2. The van der Waals surface area contributed by atoms with Gasteiger partial charge < -0.3 is 21.1 Å². The van der Waals surface area contributed by atoms with Crippen LogP contribution in [0.1, 0.15) is 65.1 Å². The first-order valence-electron chi connectivity index (χ1n) is 14.4. The lowest BCUT2D eigenvalue weighted by atomic mass is 9.89. The fraction of sp³-hybridized carbons (Fsp3) is 0.333. The van der Waals surface area contributed by atoms with E-state index in [1.165, 1.54) is 6.07 Å². The molecule has 0 radical (unpaired) electrons. The van der Waals surface area contributed by atoms with Gasteiger partial charge in [0.25, 0.3) is 5.91 Å². The monoisotopic (exact) mass is 601 g/mol. The lowest BCUT2D eigenvalue weighted by Crippen LogP contribution is -2.33. The molecule has 1 amide bonds. The van der Waals surface area contributed by atoms with Crippen LogP contribution >= 0.6 is 0 Å². The summed E-state index contributed by atoms with van der Waals surface area (Å²) in [5.41, 5.74) is 13.2. The number of aryl methyl sites for hydroxylation is 1. The van der Waals surface area contributed by atoms with Gasteiger partial charge in [-0.1, -0.05) is 63.2 Å². The first-order valence-corrected chi connectivity index (χ1v) is 14.4. The molecule has 0 fully saturated rings. The quantitative estimate of drug-likeness (QED) is 0.134. The number of hydrogen-bond donors (Lipinski definition) is 4. The van der Waals surface area contributed by atoms with Crippen molar-refractivity contribution in [1.82, 2.24) is 19.7 Å². The maximum absolute atomic E-state index is 16.5. The summed E-state index contributed by atoms with van der Waals surface area (Å²) in [6.45, 7) is 7.14. The Hall–Kier alpha value is -4.77. The highest BCUT2D eigenvalue weighted by molar-refractivity contribution is 5.96. The van der Waals surface area contributed by atoms with Crippen LogP contribution in [0.3, 0.4) is 0 Å². The van der Waals surface area contributed by atoms with Crippen LogP contribution in [-0.4, -0.2) is 58.7 Å². The van der Waals surface area contributed by atoms with Crippen molar-refractivity contribution in [3.8, 4) is 11.4 Å². The Kier molecular flexibility index (Phi) is 9.68. The van der Waals surface area contributed by atoms with Gasteiger partial charge >= 0.3 is 5.69 Å². The number of para-hydroxylation sites is 1. The van der Waals surface area contributed by atoms with Crippen molar-refractivity contribution < 1.29 is 13.9 Å². The lowest BCUT2D eigenvalue weighted by molar-refractivity contribution is 0.1000. The molecular formula is C33H40FN7O3. The third-order valence-electron chi connectivity index (χ3n) is 7.34. The van der Waals surface area contributed by atoms with Gasteiger partial charge in [-0.3, -0.25) is 15.2 Å². The third kappa shape index (κ3) is 7.41. The summed E-state index contributed by atoms with van der Waals surface area (Å²) in [7, 11) is 3.96. The summed E-state index contributed by atoms with van der Waals surface area (Å²) >= 11 is 0. The van der Waals surface area contributed by atoms with E-state index in [9.17, 15) is 9.59 Å². The van der Waals surface area contributed by atoms with Gasteiger partial charge in [0.2, 0.25) is 0 Å². The van der Waals surface area contributed by atoms with Gasteiger partial charge in [0.1, 0.15) is 11.7 Å². The molecule has 4 aromatic rings. The van der Waals surface area contributed by atoms with E-state index in [4.69, 9.17) is 21.6 Å². The fourth-order valence-corrected chi connectivity index (χ4v) is 5.35. The van der Waals surface area contributed by atoms with Crippen LogP contribution in [0.25, 0.3) is 5.69 Å². The van der Waals surface area contributed by atoms with E-state index in [-0.39, 0.29) is 40.5 Å². The minimum atomic E-state index is -0.739. The molecule has 44 heavy (non-hydrogen) atoms. The molecule has 0 saturated heterocycles. The van der Waals surface area contributed by atoms with Crippen molar-refractivity contribution in [3.05, 3.63) is 111 Å². The first kappa shape index (κ1) is 32.2. The molecular weight excluding hydrogens is 561 g/mol. The molecule has 11 heteroatoms. The maximum Gasteiger partial charge on any atom is 0.348 e. The molecule has 1 atom stereocenters. The fourth-order valence-electron chi connectivity index (χ4n) is 5.35. The average Bonchev–Trinajstić information content (AvgIpc) is 3.36. The van der Waals surface area contributed by atoms with E-state index in [0.29, 0.717) is 24.2 Å². The Labute approximate surface area is 256 Å². The average molecular weight is 602 g/mol. The summed E-state index contributed by atoms with van der Waals surface area (Å²) in [5.74, 6) is -1.72. The second-order valence-corrected chi connectivity index (χ2v) is 12.0. The van der Waals surface area contributed by atoms with Gasteiger partial charge in [0.15, 0.2) is 11.6 Å². The minimum absolute atomic E-state index is 0.0648. The SMILES string of the molecule is CCc1cc(OCC(C)(C)CN(C)C)c(F)c(C(Cc2ccc(C(=N)N)cc2)c2nn(-c3ccccc3C(N)=O)c(=O)[nH]2)c1. The highest BCUT2D eigenvalue weighted by atomic mass is 19.1. The molecule has 1 aromatic heterocycles. The second kappa shape index (κ2) is 13.3. The number of nitrogens with zero attached hydrogens (tertiary/aromatic N) is 3. The molecule has 3 aromatic carbocycles. The second-order valence-electron chi connectivity index (χ2n) is 12.0. The Bertz CT molecular complexity index is 1710. The smallest absolute Gasteiger partial charge is 0.348 e. The number of amides is 1. The third-order valence-corrected chi connectivity index (χ3v) is 7.34. The van der Waals surface area contributed by atoms with Crippen molar-refractivity contribution in [2.75, 3.05) is 27.2 Å². The van der Waals surface area contributed by atoms with Gasteiger partial charge in [-0.2, -0.15) is 4.68 Å². The standard InChI is InChI=1S/C33H40FN7O3/c1-6-20-15-24(28(34)27(17-20)44-19-33(2,3)18-40(4)5)25(16-21-11-13-22(14-12-21)29(35)36)31-38-32(43)41(39-31)26-10-8-7-9-23(26)30(37)42/h7-15,17,25H,6,16,18-19H2,1-5H3,(H3,35,36)(H2,37,42)(H,38,39,43). The number of rotatable bonds is 13. The molecule has 6 N–H and O–H groups in total. The molecule has 0 saturated carbocycles. The molecule has 0 aliphatic carbocycles. The van der Waals surface area contributed by atoms with Crippen molar-refractivity contribution in [1.29, 1.82) is 5.41 Å². The molecule has 232 valence electrons. The molecule has 0 bridgehead atoms. The van der Waals surface area contributed by atoms with Gasteiger partial charge in [-0.25, -0.2) is 9.18 Å². The molecule has 10 nitrogen and oxygen atoms in total. The maximum atomic E-state index is 16.5. The molecule has 1 heterocycles. The number of ether oxygens (including phenoxy) is 1. The van der Waals surface area contributed by atoms with E-state index in [0.717, 1.165) is 22.4 Å². The van der Waals surface area contributed by atoms with Crippen LogP contribution in [0.15, 0.2) is 65.5 Å². The van der Waals surface area contributed by atoms with Gasteiger partial charge in [-0.05, 0) is 56.3 Å². The molecule has 1 unspecified atom stereocenters. The number of primary amides is 1. The number of hydrogen-bond acceptors (Lipinski definition) is 6. The van der Waals surface area contributed by atoms with E-state index in [1.807, 2.05) is 33.2 Å². The number of aromatic nitrogens is 3. The van der Waals surface area contributed by atoms with Crippen molar-refractivity contribution in [2.45, 2.75) is 39.5 Å². The highest BCUT2D eigenvalue weighted by Gasteiger charge is 2.28. The van der Waals surface area contributed by atoms with E-state index in [1.54, 1.807) is 42.5 Å². The molecule has 4 rings (SSSR count). The summed E-state index contributed by atoms with van der Waals surface area (Å²) in [5, 5.41) is 12.3. The van der Waals surface area contributed by atoms with E-state index >= 15 is 4.39 Å². The normalized spacial score (nSPS) is 12.3. The molecule has 0 aliphatic heterocycles. The number of halogens is 1. The van der Waals surface area contributed by atoms with Crippen molar-refractivity contribution >= 4 is 11.7 Å². The Morgan fingerprint density at radius 2 is 1.80 bits per heavy atom. The highest BCUT2D eigenvalue weighted by Crippen LogP contribution is 2.35. The number of carbonyl (C=O) groups is 1. The predicted octanol–water partition coefficient (Wildman–Crippen LogP) is 3.99. The number of benzene rings is 3. The zero-order valence-corrected chi connectivity index (χ0v) is 25.8. The largest absolute Gasteiger partial charge is 0.490 e.